The summed E-state index contributed by atoms with van der Waals surface area (Å²) in [7, 11) is 0. The van der Waals surface area contributed by atoms with E-state index < -0.39 is 0 Å². The topological polar surface area (TPSA) is 84.9 Å². The highest BCUT2D eigenvalue weighted by Crippen LogP contribution is 2.23. The third kappa shape index (κ3) is 5.01. The molecule has 0 radical (unpaired) electrons. The van der Waals surface area contributed by atoms with Gasteiger partial charge in [-0.1, -0.05) is 0 Å². The van der Waals surface area contributed by atoms with Crippen molar-refractivity contribution in [1.82, 2.24) is 5.32 Å². The maximum absolute atomic E-state index is 11.0. The molecule has 1 heterocycles. The molecule has 1 rings (SSSR count). The summed E-state index contributed by atoms with van der Waals surface area (Å²) < 4.78 is 10.9. The first-order valence-corrected chi connectivity index (χ1v) is 6.21. The van der Waals surface area contributed by atoms with Gasteiger partial charge < -0.3 is 19.9 Å². The summed E-state index contributed by atoms with van der Waals surface area (Å²) in [5, 5.41) is 11.6. The molecule has 1 saturated heterocycles. The van der Waals surface area contributed by atoms with E-state index in [9.17, 15) is 9.59 Å². The average Bonchev–Trinajstić information content (AvgIpc) is 2.28. The second kappa shape index (κ2) is 7.33. The minimum Gasteiger partial charge on any atom is -0.460 e. The van der Waals surface area contributed by atoms with E-state index in [-0.39, 0.29) is 36.8 Å². The van der Waals surface area contributed by atoms with Crippen LogP contribution in [0.1, 0.15) is 33.1 Å². The van der Waals surface area contributed by atoms with Crippen LogP contribution in [0.5, 0.6) is 0 Å². The molecule has 1 aliphatic heterocycles. The minimum absolute atomic E-state index is 0.0411. The van der Waals surface area contributed by atoms with Gasteiger partial charge in [0.2, 0.25) is 5.91 Å². The smallest absolute Gasteiger partial charge is 0.302 e. The number of amides is 1. The van der Waals surface area contributed by atoms with Crippen molar-refractivity contribution in [3.63, 3.8) is 0 Å². The van der Waals surface area contributed by atoms with Crippen molar-refractivity contribution in [1.29, 1.82) is 0 Å². The second-order valence-corrected chi connectivity index (χ2v) is 4.47. The van der Waals surface area contributed by atoms with Crippen LogP contribution in [0.25, 0.3) is 0 Å². The van der Waals surface area contributed by atoms with E-state index in [2.05, 4.69) is 5.32 Å². The molecule has 1 amide bonds. The number of hydrogen-bond donors (Lipinski definition) is 2. The lowest BCUT2D eigenvalue weighted by molar-refractivity contribution is -0.170. The van der Waals surface area contributed by atoms with Gasteiger partial charge >= 0.3 is 5.97 Å². The van der Waals surface area contributed by atoms with Gasteiger partial charge in [0.15, 0.2) is 0 Å². The molecule has 0 saturated carbocycles. The molecular formula is C12H21NO5. The second-order valence-electron chi connectivity index (χ2n) is 4.47. The lowest BCUT2D eigenvalue weighted by Crippen LogP contribution is -2.47. The fourth-order valence-corrected chi connectivity index (χ4v) is 2.07. The number of rotatable bonds is 5. The Morgan fingerprint density at radius 1 is 1.39 bits per heavy atom. The van der Waals surface area contributed by atoms with Crippen LogP contribution in [0.15, 0.2) is 0 Å². The summed E-state index contributed by atoms with van der Waals surface area (Å²) >= 11 is 0. The molecule has 0 aromatic rings. The molecule has 1 aliphatic rings. The van der Waals surface area contributed by atoms with E-state index in [1.165, 1.54) is 13.8 Å². The lowest BCUT2D eigenvalue weighted by atomic mass is 9.99. The monoisotopic (exact) mass is 259 g/mol. The van der Waals surface area contributed by atoms with Crippen molar-refractivity contribution >= 4 is 11.9 Å². The highest BCUT2D eigenvalue weighted by molar-refractivity contribution is 5.72. The van der Waals surface area contributed by atoms with Crippen LogP contribution in [-0.2, 0) is 19.1 Å². The number of carbonyl (C=O) groups is 2. The fraction of sp³-hybridized carbons (Fsp3) is 0.833. The number of ether oxygens (including phenoxy) is 2. The molecule has 0 bridgehead atoms. The van der Waals surface area contributed by atoms with Gasteiger partial charge in [0.25, 0.3) is 0 Å². The Morgan fingerprint density at radius 3 is 2.67 bits per heavy atom. The largest absolute Gasteiger partial charge is 0.460 e. The number of esters is 1. The Kier molecular flexibility index (Phi) is 6.07. The molecule has 0 spiro atoms. The Balaban J connectivity index is 2.54. The van der Waals surface area contributed by atoms with Gasteiger partial charge in [-0.2, -0.15) is 0 Å². The predicted octanol–water partition coefficient (Wildman–Crippen LogP) is -0.0158. The Hall–Kier alpha value is -1.14. The van der Waals surface area contributed by atoms with E-state index in [4.69, 9.17) is 14.6 Å². The average molecular weight is 259 g/mol. The minimum atomic E-state index is -0.350. The van der Waals surface area contributed by atoms with Crippen molar-refractivity contribution in [2.24, 2.45) is 0 Å². The molecule has 3 unspecified atom stereocenters. The van der Waals surface area contributed by atoms with E-state index in [1.54, 1.807) is 0 Å². The third-order valence-corrected chi connectivity index (χ3v) is 2.88. The first kappa shape index (κ1) is 14.9. The van der Waals surface area contributed by atoms with Crippen LogP contribution >= 0.6 is 0 Å². The van der Waals surface area contributed by atoms with Crippen LogP contribution in [0, 0.1) is 0 Å². The van der Waals surface area contributed by atoms with Gasteiger partial charge in [0, 0.05) is 27.0 Å². The quantitative estimate of drug-likeness (QED) is 0.678. The van der Waals surface area contributed by atoms with Gasteiger partial charge in [0.1, 0.15) is 12.2 Å². The molecule has 104 valence electrons. The van der Waals surface area contributed by atoms with Gasteiger partial charge in [-0.3, -0.25) is 9.59 Å². The van der Waals surface area contributed by atoms with Crippen molar-refractivity contribution in [3.8, 4) is 0 Å². The van der Waals surface area contributed by atoms with Crippen LogP contribution in [-0.4, -0.2) is 48.4 Å². The fourth-order valence-electron chi connectivity index (χ4n) is 2.07. The van der Waals surface area contributed by atoms with Gasteiger partial charge in [-0.15, -0.1) is 0 Å². The van der Waals surface area contributed by atoms with Crippen LogP contribution < -0.4 is 5.32 Å². The van der Waals surface area contributed by atoms with E-state index >= 15 is 0 Å². The van der Waals surface area contributed by atoms with E-state index in [0.717, 1.165) is 6.42 Å². The Bertz CT molecular complexity index is 294. The summed E-state index contributed by atoms with van der Waals surface area (Å²) in [6.07, 6.45) is 1.28. The van der Waals surface area contributed by atoms with E-state index in [0.29, 0.717) is 19.4 Å². The SMILES string of the molecule is CC(=O)NCC1OC(CCO)CCC1OC(C)=O. The summed E-state index contributed by atoms with van der Waals surface area (Å²) in [6, 6.07) is 0. The number of carbonyl (C=O) groups excluding carboxylic acids is 2. The molecule has 3 atom stereocenters. The zero-order valence-electron chi connectivity index (χ0n) is 10.8. The molecule has 18 heavy (non-hydrogen) atoms. The number of nitrogens with one attached hydrogen (secondary N) is 1. The molecule has 6 nitrogen and oxygen atoms in total. The maximum atomic E-state index is 11.0. The molecule has 1 fully saturated rings. The predicted molar refractivity (Wildman–Crippen MR) is 63.8 cm³/mol. The molecule has 2 N–H and O–H groups in total. The standard InChI is InChI=1S/C12H21NO5/c1-8(15)13-7-12-11(17-9(2)16)4-3-10(18-12)5-6-14/h10-12,14H,3-7H2,1-2H3,(H,13,15). The molecule has 6 heteroatoms. The van der Waals surface area contributed by atoms with Crippen molar-refractivity contribution in [2.45, 2.75) is 51.4 Å². The van der Waals surface area contributed by atoms with Crippen LogP contribution in [0.2, 0.25) is 0 Å². The van der Waals surface area contributed by atoms with Gasteiger partial charge in [0.05, 0.1) is 6.10 Å². The summed E-state index contributed by atoms with van der Waals surface area (Å²) in [6.45, 7) is 3.16. The Labute approximate surface area is 107 Å². The van der Waals surface area contributed by atoms with Gasteiger partial charge in [-0.05, 0) is 19.3 Å². The normalized spacial score (nSPS) is 27.6. The molecular weight excluding hydrogens is 238 g/mol. The maximum Gasteiger partial charge on any atom is 0.302 e. The third-order valence-electron chi connectivity index (χ3n) is 2.88. The lowest BCUT2D eigenvalue weighted by Gasteiger charge is -2.35. The Morgan fingerprint density at radius 2 is 2.11 bits per heavy atom. The van der Waals surface area contributed by atoms with E-state index in [1.807, 2.05) is 0 Å². The van der Waals surface area contributed by atoms with Crippen molar-refractivity contribution in [2.75, 3.05) is 13.2 Å². The zero-order valence-corrected chi connectivity index (χ0v) is 10.8. The molecule has 0 aliphatic carbocycles. The first-order valence-electron chi connectivity index (χ1n) is 6.21. The zero-order chi connectivity index (χ0) is 13.5. The van der Waals surface area contributed by atoms with Gasteiger partial charge in [-0.25, -0.2) is 0 Å². The number of hydrogen-bond acceptors (Lipinski definition) is 5. The van der Waals surface area contributed by atoms with Crippen LogP contribution in [0.3, 0.4) is 0 Å². The number of aliphatic hydroxyl groups is 1. The van der Waals surface area contributed by atoms with Crippen molar-refractivity contribution < 1.29 is 24.2 Å². The van der Waals surface area contributed by atoms with Crippen LogP contribution in [0.4, 0.5) is 0 Å². The highest BCUT2D eigenvalue weighted by atomic mass is 16.6. The number of aliphatic hydroxyl groups excluding tert-OH is 1. The summed E-state index contributed by atoms with van der Waals surface area (Å²) in [4.78, 5) is 21.9. The van der Waals surface area contributed by atoms with Crippen molar-refractivity contribution in [3.05, 3.63) is 0 Å². The molecule has 0 aromatic heterocycles. The first-order chi connectivity index (χ1) is 8.52. The summed E-state index contributed by atoms with van der Waals surface area (Å²) in [5.74, 6) is -0.499. The molecule has 0 aromatic carbocycles. The summed E-state index contributed by atoms with van der Waals surface area (Å²) in [5.41, 5.74) is 0. The highest BCUT2D eigenvalue weighted by Gasteiger charge is 2.33.